The molecule has 162 valence electrons. The molecule has 7 nitrogen and oxygen atoms in total. The summed E-state index contributed by atoms with van der Waals surface area (Å²) in [4.78, 5) is 18.2. The fourth-order valence-corrected chi connectivity index (χ4v) is 3.22. The average Bonchev–Trinajstić information content (AvgIpc) is 2.77. The highest BCUT2D eigenvalue weighted by atomic mass is 19.1. The highest BCUT2D eigenvalue weighted by Gasteiger charge is 2.14. The van der Waals surface area contributed by atoms with E-state index in [1.165, 1.54) is 24.4 Å². The van der Waals surface area contributed by atoms with Gasteiger partial charge in [0.2, 0.25) is 5.91 Å². The minimum Gasteiger partial charge on any atom is -0.404 e. The maximum absolute atomic E-state index is 14.5. The third-order valence-corrected chi connectivity index (χ3v) is 4.79. The SMILES string of the molecule is NC=C(C=[NH2+])c1c(F)cncc1C=CC(=O)Nc1ccc(CN2CCOCC2)cc1F. The third-order valence-electron chi connectivity index (χ3n) is 4.79. The largest absolute Gasteiger partial charge is 0.404 e. The summed E-state index contributed by atoms with van der Waals surface area (Å²) < 4.78 is 33.9. The van der Waals surface area contributed by atoms with Crippen molar-refractivity contribution >= 4 is 29.5 Å². The first-order chi connectivity index (χ1) is 15.0. The van der Waals surface area contributed by atoms with Crippen molar-refractivity contribution < 1.29 is 23.7 Å². The van der Waals surface area contributed by atoms with E-state index in [2.05, 4.69) is 15.2 Å². The number of ether oxygens (including phenoxy) is 1. The van der Waals surface area contributed by atoms with Gasteiger partial charge in [-0.3, -0.25) is 20.1 Å². The van der Waals surface area contributed by atoms with Crippen LogP contribution in [0.25, 0.3) is 11.6 Å². The van der Waals surface area contributed by atoms with Crippen molar-refractivity contribution in [3.05, 3.63) is 71.2 Å². The summed E-state index contributed by atoms with van der Waals surface area (Å²) in [6, 6.07) is 4.69. The summed E-state index contributed by atoms with van der Waals surface area (Å²) in [6.07, 6.45) is 7.22. The Hall–Kier alpha value is -3.43. The summed E-state index contributed by atoms with van der Waals surface area (Å²) in [5, 5.41) is 7.97. The lowest BCUT2D eigenvalue weighted by Gasteiger charge is -2.26. The Morgan fingerprint density at radius 2 is 2.03 bits per heavy atom. The Balaban J connectivity index is 1.69. The minimum absolute atomic E-state index is 0.0517. The van der Waals surface area contributed by atoms with E-state index in [0.717, 1.165) is 43.3 Å². The molecule has 0 atom stereocenters. The van der Waals surface area contributed by atoms with Crippen LogP contribution >= 0.6 is 0 Å². The lowest BCUT2D eigenvalue weighted by Crippen LogP contribution is -2.35. The zero-order valence-corrected chi connectivity index (χ0v) is 16.9. The average molecular weight is 428 g/mol. The zero-order chi connectivity index (χ0) is 22.2. The topological polar surface area (TPSA) is 106 Å². The number of amides is 1. The molecule has 1 aliphatic rings. The molecule has 0 radical (unpaired) electrons. The van der Waals surface area contributed by atoms with Gasteiger partial charge in [-0.05, 0) is 23.8 Å². The molecular formula is C22H24F2N5O2+. The molecule has 0 saturated carbocycles. The number of carbonyl (C=O) groups is 1. The molecule has 31 heavy (non-hydrogen) atoms. The number of nitrogens with one attached hydrogen (secondary N) is 1. The molecule has 0 bridgehead atoms. The van der Waals surface area contributed by atoms with E-state index in [1.54, 1.807) is 6.07 Å². The second kappa shape index (κ2) is 10.6. The summed E-state index contributed by atoms with van der Waals surface area (Å²) in [5.74, 6) is -1.75. The molecule has 2 aromatic rings. The number of anilines is 1. The molecule has 1 saturated heterocycles. The summed E-state index contributed by atoms with van der Waals surface area (Å²) >= 11 is 0. The molecule has 1 amide bonds. The maximum atomic E-state index is 14.5. The van der Waals surface area contributed by atoms with Gasteiger partial charge in [-0.2, -0.15) is 0 Å². The first kappa shape index (κ1) is 22.3. The van der Waals surface area contributed by atoms with Gasteiger partial charge in [0.25, 0.3) is 0 Å². The van der Waals surface area contributed by atoms with Gasteiger partial charge in [0.05, 0.1) is 30.7 Å². The smallest absolute Gasteiger partial charge is 0.248 e. The molecule has 1 fully saturated rings. The van der Waals surface area contributed by atoms with Crippen LogP contribution in [0.2, 0.25) is 0 Å². The molecule has 9 heteroatoms. The fourth-order valence-electron chi connectivity index (χ4n) is 3.22. The molecule has 1 aromatic heterocycles. The van der Waals surface area contributed by atoms with Crippen molar-refractivity contribution in [2.24, 2.45) is 5.73 Å². The Morgan fingerprint density at radius 3 is 2.71 bits per heavy atom. The van der Waals surface area contributed by atoms with Crippen molar-refractivity contribution in [1.29, 1.82) is 0 Å². The molecule has 0 aliphatic carbocycles. The number of hydrogen-bond acceptors (Lipinski definition) is 5. The molecule has 3 rings (SSSR count). The van der Waals surface area contributed by atoms with E-state index in [9.17, 15) is 13.6 Å². The van der Waals surface area contributed by atoms with Crippen LogP contribution < -0.4 is 16.5 Å². The van der Waals surface area contributed by atoms with Crippen LogP contribution in [-0.4, -0.2) is 48.3 Å². The fraction of sp³-hybridized carbons (Fsp3) is 0.227. The van der Waals surface area contributed by atoms with Crippen molar-refractivity contribution in [3.8, 4) is 0 Å². The predicted molar refractivity (Wildman–Crippen MR) is 115 cm³/mol. The third kappa shape index (κ3) is 5.80. The number of halogens is 2. The van der Waals surface area contributed by atoms with Crippen LogP contribution in [0, 0.1) is 11.6 Å². The highest BCUT2D eigenvalue weighted by molar-refractivity contribution is 6.09. The zero-order valence-electron chi connectivity index (χ0n) is 16.9. The van der Waals surface area contributed by atoms with Gasteiger partial charge < -0.3 is 15.8 Å². The number of pyridine rings is 1. The van der Waals surface area contributed by atoms with Gasteiger partial charge in [-0.1, -0.05) is 6.07 Å². The Labute approximate surface area is 178 Å². The standard InChI is InChI=1S/C22H23F2N5O2/c23-18-9-15(14-29-5-7-31-8-6-29)1-3-20(18)28-21(30)4-2-16-12-27-13-19(24)22(16)17(10-25)11-26/h1-4,9-13,25H,5-8,14,26H2,(H,28,30)/p+1. The molecule has 0 spiro atoms. The lowest BCUT2D eigenvalue weighted by atomic mass is 10.0. The number of nitrogens with zero attached hydrogens (tertiary/aromatic N) is 2. The molecule has 2 heterocycles. The number of nitrogens with two attached hydrogens (primary N) is 2. The van der Waals surface area contributed by atoms with E-state index in [4.69, 9.17) is 15.9 Å². The van der Waals surface area contributed by atoms with Crippen molar-refractivity contribution in [2.45, 2.75) is 6.54 Å². The number of allylic oxidation sites excluding steroid dienone is 1. The number of carbonyl (C=O) groups excluding carboxylic acids is 1. The van der Waals surface area contributed by atoms with Gasteiger partial charge in [0, 0.05) is 49.2 Å². The van der Waals surface area contributed by atoms with Crippen LogP contribution in [-0.2, 0) is 16.1 Å². The summed E-state index contributed by atoms with van der Waals surface area (Å²) in [6.45, 7) is 3.53. The van der Waals surface area contributed by atoms with Crippen LogP contribution in [0.1, 0.15) is 16.7 Å². The first-order valence-corrected chi connectivity index (χ1v) is 9.70. The Kier molecular flexibility index (Phi) is 7.58. The second-order valence-corrected chi connectivity index (χ2v) is 6.90. The van der Waals surface area contributed by atoms with E-state index in [-0.39, 0.29) is 16.8 Å². The number of rotatable bonds is 7. The number of benzene rings is 1. The van der Waals surface area contributed by atoms with E-state index >= 15 is 0 Å². The highest BCUT2D eigenvalue weighted by Crippen LogP contribution is 2.21. The molecule has 1 aromatic carbocycles. The molecule has 1 aliphatic heterocycles. The van der Waals surface area contributed by atoms with Crippen LogP contribution in [0.4, 0.5) is 14.5 Å². The van der Waals surface area contributed by atoms with Crippen LogP contribution in [0.15, 0.2) is 42.9 Å². The summed E-state index contributed by atoms with van der Waals surface area (Å²) in [5.41, 5.74) is 7.01. The van der Waals surface area contributed by atoms with Gasteiger partial charge in [-0.25, -0.2) is 8.78 Å². The monoisotopic (exact) mass is 428 g/mol. The van der Waals surface area contributed by atoms with Gasteiger partial charge in [0.15, 0.2) is 6.21 Å². The van der Waals surface area contributed by atoms with E-state index in [0.29, 0.717) is 25.3 Å². The molecule has 5 N–H and O–H groups in total. The number of morpholine rings is 1. The maximum Gasteiger partial charge on any atom is 0.248 e. The molecule has 0 unspecified atom stereocenters. The van der Waals surface area contributed by atoms with E-state index in [1.807, 2.05) is 0 Å². The normalized spacial score (nSPS) is 15.2. The molecular weight excluding hydrogens is 404 g/mol. The first-order valence-electron chi connectivity index (χ1n) is 9.70. The van der Waals surface area contributed by atoms with Gasteiger partial charge in [0.1, 0.15) is 11.6 Å². The number of aromatic nitrogens is 1. The quantitative estimate of drug-likeness (QED) is 0.450. The van der Waals surface area contributed by atoms with Crippen LogP contribution in [0.3, 0.4) is 0 Å². The minimum atomic E-state index is -0.636. The van der Waals surface area contributed by atoms with Gasteiger partial charge >= 0.3 is 0 Å². The van der Waals surface area contributed by atoms with Crippen molar-refractivity contribution in [1.82, 2.24) is 9.88 Å². The second-order valence-electron chi connectivity index (χ2n) is 6.90. The van der Waals surface area contributed by atoms with Crippen LogP contribution in [0.5, 0.6) is 0 Å². The Bertz CT molecular complexity index is 1020. The lowest BCUT2D eigenvalue weighted by molar-refractivity contribution is -0.111. The van der Waals surface area contributed by atoms with Crippen molar-refractivity contribution in [3.63, 3.8) is 0 Å². The Morgan fingerprint density at radius 1 is 1.26 bits per heavy atom. The van der Waals surface area contributed by atoms with Gasteiger partial charge in [-0.15, -0.1) is 0 Å². The predicted octanol–water partition coefficient (Wildman–Crippen LogP) is 0.973. The number of hydrogen-bond donors (Lipinski definition) is 3. The van der Waals surface area contributed by atoms with Crippen molar-refractivity contribution in [2.75, 3.05) is 31.6 Å². The van der Waals surface area contributed by atoms with E-state index < -0.39 is 17.5 Å². The summed E-state index contributed by atoms with van der Waals surface area (Å²) in [7, 11) is 0.